The fraction of sp³-hybridized carbons (Fsp3) is 0.0469. The molecule has 0 saturated carbocycles. The number of benzene rings is 9. The third kappa shape index (κ3) is 5.09. The number of hydrogen-bond donors (Lipinski definition) is 0. The minimum absolute atomic E-state index is 0.527. The van der Waals surface area contributed by atoms with E-state index in [1.807, 2.05) is 18.2 Å². The van der Waals surface area contributed by atoms with Crippen molar-refractivity contribution in [1.82, 2.24) is 15.0 Å². The summed E-state index contributed by atoms with van der Waals surface area (Å²) in [7, 11) is 0. The van der Waals surface area contributed by atoms with Crippen LogP contribution in [-0.2, 0) is 17.3 Å². The highest BCUT2D eigenvalue weighted by Crippen LogP contribution is 2.68. The minimum atomic E-state index is -0.668. The molecule has 67 heavy (non-hydrogen) atoms. The number of aromatic nitrogens is 3. The normalized spacial score (nSPS) is 15.9. The molecule has 0 fully saturated rings. The Hall–Kier alpha value is -8.53. The van der Waals surface area contributed by atoms with E-state index < -0.39 is 10.8 Å². The van der Waals surface area contributed by atoms with Gasteiger partial charge in [-0.25, -0.2) is 15.0 Å². The van der Waals surface area contributed by atoms with Crippen LogP contribution in [0.1, 0.15) is 55.6 Å². The van der Waals surface area contributed by atoms with Gasteiger partial charge in [0.1, 0.15) is 0 Å². The van der Waals surface area contributed by atoms with Crippen LogP contribution in [0.25, 0.3) is 72.8 Å². The lowest BCUT2D eigenvalue weighted by atomic mass is 9.52. The lowest BCUT2D eigenvalue weighted by Gasteiger charge is -2.49. The van der Waals surface area contributed by atoms with Crippen LogP contribution in [-0.4, -0.2) is 15.0 Å². The molecule has 0 amide bonds. The van der Waals surface area contributed by atoms with Crippen molar-refractivity contribution in [2.24, 2.45) is 0 Å². The molecule has 9 aromatic carbocycles. The summed E-state index contributed by atoms with van der Waals surface area (Å²) in [6.45, 7) is 4.66. The molecular weight excluding hydrogens is 811 g/mol. The maximum absolute atomic E-state index is 5.35. The molecule has 3 heteroatoms. The Morgan fingerprint density at radius 1 is 0.373 bits per heavy atom. The molecule has 0 bridgehead atoms. The summed E-state index contributed by atoms with van der Waals surface area (Å²) in [5.74, 6) is 1.93. The highest BCUT2D eigenvalue weighted by molar-refractivity contribution is 5.98. The molecule has 312 valence electrons. The number of rotatable bonds is 3. The highest BCUT2D eigenvalue weighted by Gasteiger charge is 2.59. The van der Waals surface area contributed by atoms with Crippen LogP contribution in [0.3, 0.4) is 0 Å². The van der Waals surface area contributed by atoms with Crippen LogP contribution >= 0.6 is 0 Å². The van der Waals surface area contributed by atoms with Crippen molar-refractivity contribution in [3.63, 3.8) is 0 Å². The van der Waals surface area contributed by atoms with Gasteiger partial charge in [-0.2, -0.15) is 0 Å². The monoisotopic (exact) mass is 851 g/mol. The fourth-order valence-corrected chi connectivity index (χ4v) is 12.4. The Balaban J connectivity index is 1.08. The van der Waals surface area contributed by atoms with Crippen LogP contribution in [0.4, 0.5) is 0 Å². The summed E-state index contributed by atoms with van der Waals surface area (Å²) in [5, 5.41) is 2.25. The molecule has 1 heterocycles. The average Bonchev–Trinajstić information content (AvgIpc) is 3.85. The van der Waals surface area contributed by atoms with Gasteiger partial charge in [-0.1, -0.05) is 225 Å². The van der Waals surface area contributed by atoms with Crippen molar-refractivity contribution >= 4 is 16.3 Å². The van der Waals surface area contributed by atoms with Crippen molar-refractivity contribution in [2.45, 2.75) is 17.3 Å². The third-order valence-electron chi connectivity index (χ3n) is 15.0. The molecule has 2 spiro atoms. The van der Waals surface area contributed by atoms with E-state index in [-0.39, 0.29) is 0 Å². The Kier molecular flexibility index (Phi) is 8.03. The Bertz CT molecular complexity index is 3710. The van der Waals surface area contributed by atoms with E-state index in [0.29, 0.717) is 17.5 Å². The van der Waals surface area contributed by atoms with E-state index in [9.17, 15) is 0 Å². The van der Waals surface area contributed by atoms with Gasteiger partial charge in [0.15, 0.2) is 17.5 Å². The molecule has 0 atom stereocenters. The number of hydrogen-bond acceptors (Lipinski definition) is 3. The summed E-state index contributed by atoms with van der Waals surface area (Å²) in [6, 6.07) is 73.5. The van der Waals surface area contributed by atoms with Gasteiger partial charge >= 0.3 is 0 Å². The molecule has 1 aromatic heterocycles. The van der Waals surface area contributed by atoms with Crippen LogP contribution in [0.5, 0.6) is 0 Å². The largest absolute Gasteiger partial charge is 0.208 e. The second-order valence-electron chi connectivity index (χ2n) is 18.2. The molecule has 0 radical (unpaired) electrons. The summed E-state index contributed by atoms with van der Waals surface area (Å²) in [6.07, 6.45) is 9.51. The molecule has 0 N–H and O–H groups in total. The number of nitrogens with zero attached hydrogens (tertiary/aromatic N) is 3. The first kappa shape index (κ1) is 37.8. The van der Waals surface area contributed by atoms with Gasteiger partial charge in [-0.05, 0) is 107 Å². The standard InChI is InChI=1S/C64H41N3/c1-40-19-4-2-7-27-48-44(40)36-37-49-51-39-43(61-65-60(42-21-5-3-6-22-42)66-62(67-61)50-28-18-23-41-20-8-9-24-45(41)50)35-38-54(51)64(59(48)49)57-33-16-14-31-55(57)63(56-32-15-17-34-58(56)64)52-29-12-10-25-46(52)47-26-11-13-30-53(47)63/h2-26,28-39H,1,27H2/b7-2-,19-4-. The van der Waals surface area contributed by atoms with Gasteiger partial charge in [0.05, 0.1) is 10.8 Å². The first-order chi connectivity index (χ1) is 33.2. The lowest BCUT2D eigenvalue weighted by Crippen LogP contribution is -2.44. The van der Waals surface area contributed by atoms with Crippen LogP contribution in [0, 0.1) is 0 Å². The lowest BCUT2D eigenvalue weighted by molar-refractivity contribution is 0.629. The van der Waals surface area contributed by atoms with E-state index in [1.54, 1.807) is 0 Å². The maximum atomic E-state index is 5.35. The molecule has 4 aliphatic rings. The van der Waals surface area contributed by atoms with Crippen LogP contribution in [0.2, 0.25) is 0 Å². The van der Waals surface area contributed by atoms with Crippen molar-refractivity contribution in [3.8, 4) is 56.4 Å². The van der Waals surface area contributed by atoms with Gasteiger partial charge in [0, 0.05) is 16.7 Å². The van der Waals surface area contributed by atoms with E-state index in [0.717, 1.165) is 39.5 Å². The zero-order valence-corrected chi connectivity index (χ0v) is 36.6. The number of allylic oxidation sites excluding steroid dienone is 5. The zero-order chi connectivity index (χ0) is 44.3. The summed E-state index contributed by atoms with van der Waals surface area (Å²) < 4.78 is 0. The van der Waals surface area contributed by atoms with E-state index in [4.69, 9.17) is 15.0 Å². The van der Waals surface area contributed by atoms with Crippen molar-refractivity contribution in [3.05, 3.63) is 287 Å². The van der Waals surface area contributed by atoms with Gasteiger partial charge < -0.3 is 0 Å². The third-order valence-corrected chi connectivity index (χ3v) is 15.0. The van der Waals surface area contributed by atoms with E-state index in [2.05, 4.69) is 213 Å². The topological polar surface area (TPSA) is 38.7 Å². The molecule has 3 nitrogen and oxygen atoms in total. The van der Waals surface area contributed by atoms with Crippen molar-refractivity contribution in [2.75, 3.05) is 0 Å². The SMILES string of the molecule is C=C1/C=C\C=C/Cc2c1ccc1c2C2(c3ccc(-c4nc(-c5ccccc5)nc(-c5cccc6ccccc56)n4)cc3-1)c1ccccc1C1(c3ccccc3-c3ccccc31)c1ccccc12. The molecule has 0 saturated heterocycles. The Labute approximate surface area is 389 Å². The first-order valence-corrected chi connectivity index (χ1v) is 23.2. The summed E-state index contributed by atoms with van der Waals surface area (Å²) in [4.78, 5) is 15.8. The second kappa shape index (κ2) is 14.2. The smallest absolute Gasteiger partial charge is 0.164 e. The quantitative estimate of drug-likeness (QED) is 0.178. The molecular formula is C64H41N3. The van der Waals surface area contributed by atoms with Gasteiger partial charge in [-0.3, -0.25) is 0 Å². The highest BCUT2D eigenvalue weighted by atomic mass is 15.0. The Morgan fingerprint density at radius 2 is 0.910 bits per heavy atom. The molecule has 10 aromatic rings. The molecule has 14 rings (SSSR count). The van der Waals surface area contributed by atoms with E-state index in [1.165, 1.54) is 77.9 Å². The average molecular weight is 852 g/mol. The minimum Gasteiger partial charge on any atom is -0.208 e. The van der Waals surface area contributed by atoms with E-state index >= 15 is 0 Å². The Morgan fingerprint density at radius 3 is 1.63 bits per heavy atom. The predicted molar refractivity (Wildman–Crippen MR) is 273 cm³/mol. The summed E-state index contributed by atoms with van der Waals surface area (Å²) in [5.41, 5.74) is 20.6. The molecule has 4 aliphatic carbocycles. The van der Waals surface area contributed by atoms with Gasteiger partial charge in [-0.15, -0.1) is 0 Å². The zero-order valence-electron chi connectivity index (χ0n) is 36.6. The number of fused-ring (bicyclic) bond motifs is 19. The van der Waals surface area contributed by atoms with Crippen LogP contribution in [0.15, 0.2) is 231 Å². The van der Waals surface area contributed by atoms with Gasteiger partial charge in [0.25, 0.3) is 0 Å². The van der Waals surface area contributed by atoms with Crippen molar-refractivity contribution < 1.29 is 0 Å². The maximum Gasteiger partial charge on any atom is 0.164 e. The molecule has 0 aliphatic heterocycles. The van der Waals surface area contributed by atoms with Crippen molar-refractivity contribution in [1.29, 1.82) is 0 Å². The van der Waals surface area contributed by atoms with Gasteiger partial charge in [0.2, 0.25) is 0 Å². The van der Waals surface area contributed by atoms with Crippen LogP contribution < -0.4 is 0 Å². The predicted octanol–water partition coefficient (Wildman–Crippen LogP) is 14.7. The molecule has 0 unspecified atom stereocenters. The fourth-order valence-electron chi connectivity index (χ4n) is 12.4. The summed E-state index contributed by atoms with van der Waals surface area (Å²) >= 11 is 0. The second-order valence-corrected chi connectivity index (χ2v) is 18.2. The first-order valence-electron chi connectivity index (χ1n) is 23.2.